The van der Waals surface area contributed by atoms with Gasteiger partial charge in [0.25, 0.3) is 0 Å². The van der Waals surface area contributed by atoms with Crippen LogP contribution >= 0.6 is 24.0 Å². The number of ether oxygens (including phenoxy) is 1. The minimum Gasteiger partial charge on any atom is -0.450 e. The summed E-state index contributed by atoms with van der Waals surface area (Å²) in [4.78, 5) is 22.2. The van der Waals surface area contributed by atoms with E-state index in [9.17, 15) is 4.79 Å². The quantitative estimate of drug-likeness (QED) is 0.343. The summed E-state index contributed by atoms with van der Waals surface area (Å²) in [5.74, 6) is 1.44. The zero-order valence-electron chi connectivity index (χ0n) is 17.6. The lowest BCUT2D eigenvalue weighted by Crippen LogP contribution is -2.48. The molecule has 0 saturated carbocycles. The molecule has 0 radical (unpaired) electrons. The van der Waals surface area contributed by atoms with Gasteiger partial charge in [-0.3, -0.25) is 0 Å². The highest BCUT2D eigenvalue weighted by atomic mass is 127. The number of likely N-dealkylation sites (tertiary alicyclic amines) is 1. The Morgan fingerprint density at radius 2 is 2.07 bits per heavy atom. The van der Waals surface area contributed by atoms with Gasteiger partial charge in [0.2, 0.25) is 0 Å². The van der Waals surface area contributed by atoms with Gasteiger partial charge in [0.05, 0.1) is 13.2 Å². The van der Waals surface area contributed by atoms with Crippen molar-refractivity contribution < 1.29 is 9.53 Å². The van der Waals surface area contributed by atoms with E-state index >= 15 is 0 Å². The molecule has 3 N–H and O–H groups in total. The van der Waals surface area contributed by atoms with Crippen molar-refractivity contribution in [3.63, 3.8) is 0 Å². The normalized spacial score (nSPS) is 14.9. The Balaban J connectivity index is 0.00000320. The van der Waals surface area contributed by atoms with E-state index in [0.29, 0.717) is 32.2 Å². The smallest absolute Gasteiger partial charge is 0.409 e. The van der Waals surface area contributed by atoms with Crippen molar-refractivity contribution in [1.29, 1.82) is 0 Å². The van der Waals surface area contributed by atoms with E-state index in [1.54, 1.807) is 4.90 Å². The molecule has 0 spiro atoms. The molecule has 9 heteroatoms. The topological polar surface area (TPSA) is 97.8 Å². The number of guanidine groups is 1. The fourth-order valence-corrected chi connectivity index (χ4v) is 3.45. The van der Waals surface area contributed by atoms with Gasteiger partial charge in [0, 0.05) is 38.1 Å². The minimum absolute atomic E-state index is 0. The van der Waals surface area contributed by atoms with Gasteiger partial charge in [0.1, 0.15) is 5.82 Å². The Bertz CT molecular complexity index is 846. The van der Waals surface area contributed by atoms with Gasteiger partial charge in [-0.2, -0.15) is 0 Å². The van der Waals surface area contributed by atoms with Gasteiger partial charge in [-0.1, -0.05) is 24.3 Å². The highest BCUT2D eigenvalue weighted by molar-refractivity contribution is 14.0. The molecule has 3 rings (SSSR count). The number of hydrogen-bond donors (Lipinski definition) is 2. The molecular weight excluding hydrogens is 495 g/mol. The van der Waals surface area contributed by atoms with Crippen molar-refractivity contribution >= 4 is 36.0 Å². The van der Waals surface area contributed by atoms with Crippen molar-refractivity contribution in [2.24, 2.45) is 10.7 Å². The van der Waals surface area contributed by atoms with E-state index in [1.807, 2.05) is 32.3 Å². The molecule has 0 aliphatic carbocycles. The molecule has 2 heterocycles. The summed E-state index contributed by atoms with van der Waals surface area (Å²) in [6.45, 7) is 6.86. The lowest BCUT2D eigenvalue weighted by atomic mass is 10.1. The fraction of sp³-hybridized carbons (Fsp3) is 0.476. The van der Waals surface area contributed by atoms with Crippen LogP contribution in [0.1, 0.15) is 36.7 Å². The van der Waals surface area contributed by atoms with Crippen LogP contribution in [0.25, 0.3) is 0 Å². The third-order valence-corrected chi connectivity index (χ3v) is 5.07. The van der Waals surface area contributed by atoms with Crippen molar-refractivity contribution in [3.8, 4) is 0 Å². The third kappa shape index (κ3) is 6.89. The number of carbonyl (C=O) groups is 1. The summed E-state index contributed by atoms with van der Waals surface area (Å²) in [5, 5.41) is 3.28. The number of nitrogens with one attached hydrogen (secondary N) is 1. The first-order valence-corrected chi connectivity index (χ1v) is 10.1. The maximum Gasteiger partial charge on any atom is 0.409 e. The molecule has 1 aliphatic rings. The molecule has 8 nitrogen and oxygen atoms in total. The van der Waals surface area contributed by atoms with Crippen LogP contribution < -0.4 is 11.1 Å². The van der Waals surface area contributed by atoms with Crippen LogP contribution in [0.5, 0.6) is 0 Å². The van der Waals surface area contributed by atoms with Crippen molar-refractivity contribution in [2.75, 3.05) is 19.7 Å². The van der Waals surface area contributed by atoms with Crippen molar-refractivity contribution in [2.45, 2.75) is 45.8 Å². The largest absolute Gasteiger partial charge is 0.450 e. The van der Waals surface area contributed by atoms with Gasteiger partial charge in [-0.05, 0) is 37.8 Å². The molecule has 1 aromatic heterocycles. The lowest BCUT2D eigenvalue weighted by Gasteiger charge is -2.31. The summed E-state index contributed by atoms with van der Waals surface area (Å²) in [7, 11) is 0. The van der Waals surface area contributed by atoms with Crippen LogP contribution in [-0.2, 0) is 17.8 Å². The Morgan fingerprint density at radius 3 is 2.73 bits per heavy atom. The molecule has 0 unspecified atom stereocenters. The second kappa shape index (κ2) is 11.8. The molecule has 1 saturated heterocycles. The number of aliphatic imine (C=N–C) groups is 1. The van der Waals surface area contributed by atoms with Gasteiger partial charge in [-0.15, -0.1) is 24.0 Å². The number of piperidine rings is 1. The second-order valence-electron chi connectivity index (χ2n) is 7.23. The average molecular weight is 526 g/mol. The predicted octanol–water partition coefficient (Wildman–Crippen LogP) is 2.88. The van der Waals surface area contributed by atoms with E-state index in [2.05, 4.69) is 38.1 Å². The number of halogens is 1. The number of rotatable bonds is 6. The molecule has 30 heavy (non-hydrogen) atoms. The minimum atomic E-state index is -0.238. The zero-order chi connectivity index (χ0) is 20.6. The predicted molar refractivity (Wildman–Crippen MR) is 128 cm³/mol. The number of carbonyl (C=O) groups excluding carboxylic acids is 1. The highest BCUT2D eigenvalue weighted by Gasteiger charge is 2.23. The number of aryl methyl sites for hydroxylation is 1. The number of imidazole rings is 1. The molecule has 1 fully saturated rings. The maximum absolute atomic E-state index is 11.8. The molecule has 164 valence electrons. The molecule has 1 amide bonds. The molecule has 1 aliphatic heterocycles. The summed E-state index contributed by atoms with van der Waals surface area (Å²) in [6.07, 6.45) is 5.21. The van der Waals surface area contributed by atoms with Crippen LogP contribution in [0.2, 0.25) is 0 Å². The molecule has 2 aromatic rings. The monoisotopic (exact) mass is 526 g/mol. The Morgan fingerprint density at radius 1 is 1.33 bits per heavy atom. The number of hydrogen-bond acceptors (Lipinski definition) is 4. The van der Waals surface area contributed by atoms with Crippen LogP contribution in [0, 0.1) is 6.92 Å². The summed E-state index contributed by atoms with van der Waals surface area (Å²) >= 11 is 0. The van der Waals surface area contributed by atoms with E-state index < -0.39 is 0 Å². The van der Waals surface area contributed by atoms with Crippen LogP contribution in [0.3, 0.4) is 0 Å². The van der Waals surface area contributed by atoms with Gasteiger partial charge < -0.3 is 25.3 Å². The van der Waals surface area contributed by atoms with E-state index in [0.717, 1.165) is 30.8 Å². The molecule has 0 bridgehead atoms. The van der Waals surface area contributed by atoms with Crippen LogP contribution in [0.15, 0.2) is 41.7 Å². The maximum atomic E-state index is 11.8. The second-order valence-corrected chi connectivity index (χ2v) is 7.23. The Kier molecular flexibility index (Phi) is 9.41. The number of benzene rings is 1. The molecular formula is C21H31IN6O2. The molecule has 0 atom stereocenters. The number of nitrogens with zero attached hydrogens (tertiary/aromatic N) is 4. The first-order chi connectivity index (χ1) is 14.0. The number of aromatic nitrogens is 2. The third-order valence-electron chi connectivity index (χ3n) is 5.07. The Labute approximate surface area is 194 Å². The van der Waals surface area contributed by atoms with E-state index in [1.165, 1.54) is 5.56 Å². The summed E-state index contributed by atoms with van der Waals surface area (Å²) < 4.78 is 7.16. The first-order valence-electron chi connectivity index (χ1n) is 10.1. The number of nitrogens with two attached hydrogens (primary N) is 1. The average Bonchev–Trinajstić information content (AvgIpc) is 3.12. The standard InChI is InChI=1S/C21H30N6O2.HI/c1-3-29-21(28)26-10-7-19(8-11-26)25-20(22)24-14-17-5-4-6-18(13-17)15-27-12-9-23-16(27)2;/h4-6,9,12-13,19H,3,7-8,10-11,14-15H2,1-2H3,(H3,22,24,25);1H. The van der Waals surface area contributed by atoms with Crippen LogP contribution in [-0.4, -0.2) is 52.2 Å². The summed E-state index contributed by atoms with van der Waals surface area (Å²) in [5.41, 5.74) is 8.40. The van der Waals surface area contributed by atoms with Gasteiger partial charge >= 0.3 is 6.09 Å². The zero-order valence-corrected chi connectivity index (χ0v) is 19.9. The van der Waals surface area contributed by atoms with E-state index in [4.69, 9.17) is 10.5 Å². The highest BCUT2D eigenvalue weighted by Crippen LogP contribution is 2.12. The van der Waals surface area contributed by atoms with Gasteiger partial charge in [-0.25, -0.2) is 14.8 Å². The van der Waals surface area contributed by atoms with Gasteiger partial charge in [0.15, 0.2) is 5.96 Å². The van der Waals surface area contributed by atoms with Crippen molar-refractivity contribution in [1.82, 2.24) is 19.8 Å². The molecule has 1 aromatic carbocycles. The summed E-state index contributed by atoms with van der Waals surface area (Å²) in [6, 6.07) is 8.57. The number of amides is 1. The lowest BCUT2D eigenvalue weighted by molar-refractivity contribution is 0.0963. The fourth-order valence-electron chi connectivity index (χ4n) is 3.45. The Hall–Kier alpha value is -2.30. The first kappa shape index (κ1) is 24.0. The SMILES string of the molecule is CCOC(=O)N1CCC(NC(N)=NCc2cccc(Cn3ccnc3C)c2)CC1.I. The van der Waals surface area contributed by atoms with Crippen LogP contribution in [0.4, 0.5) is 4.79 Å². The van der Waals surface area contributed by atoms with E-state index in [-0.39, 0.29) is 36.1 Å². The van der Waals surface area contributed by atoms with Crippen molar-refractivity contribution in [3.05, 3.63) is 53.6 Å².